The highest BCUT2D eigenvalue weighted by atomic mass is 15.1. The monoisotopic (exact) mass is 302 g/mol. The first-order chi connectivity index (χ1) is 11.3. The van der Waals surface area contributed by atoms with Crippen LogP contribution in [0.25, 0.3) is 0 Å². The molecule has 0 radical (unpaired) electrons. The van der Waals surface area contributed by atoms with Crippen molar-refractivity contribution in [3.05, 3.63) is 89.5 Å². The maximum Gasteiger partial charge on any atom is 0.130 e. The molecule has 1 heterocycles. The van der Waals surface area contributed by atoms with Gasteiger partial charge >= 0.3 is 0 Å². The maximum absolute atomic E-state index is 9.02. The topological polar surface area (TPSA) is 53.6 Å². The number of nitrogens with one attached hydrogen (secondary N) is 1. The molecule has 2 aromatic carbocycles. The Morgan fingerprint density at radius 3 is 2.70 bits per heavy atom. The summed E-state index contributed by atoms with van der Waals surface area (Å²) in [5.41, 5.74) is 2.93. The number of nitriles is 1. The summed E-state index contributed by atoms with van der Waals surface area (Å²) in [6, 6.07) is 20.1. The fraction of sp³-hybridized carbons (Fsp3) is 0.158. The Labute approximate surface area is 136 Å². The molecule has 1 aromatic heterocycles. The van der Waals surface area contributed by atoms with Crippen molar-refractivity contribution >= 4 is 0 Å². The van der Waals surface area contributed by atoms with Crippen LogP contribution in [0.5, 0.6) is 0 Å². The minimum absolute atomic E-state index is 0.00180. The zero-order chi connectivity index (χ0) is 16.1. The van der Waals surface area contributed by atoms with Gasteiger partial charge in [-0.05, 0) is 23.3 Å². The van der Waals surface area contributed by atoms with Crippen LogP contribution in [-0.2, 0) is 13.6 Å². The molecule has 0 bridgehead atoms. The summed E-state index contributed by atoms with van der Waals surface area (Å²) >= 11 is 0. The lowest BCUT2D eigenvalue weighted by atomic mass is 10.1. The van der Waals surface area contributed by atoms with Gasteiger partial charge in [0.1, 0.15) is 5.82 Å². The van der Waals surface area contributed by atoms with Crippen molar-refractivity contribution < 1.29 is 0 Å². The highest BCUT2D eigenvalue weighted by Gasteiger charge is 2.17. The first kappa shape index (κ1) is 15.0. The minimum Gasteiger partial charge on any atom is -0.336 e. The van der Waals surface area contributed by atoms with E-state index < -0.39 is 0 Å². The van der Waals surface area contributed by atoms with E-state index in [1.54, 1.807) is 0 Å². The molecule has 4 heteroatoms. The summed E-state index contributed by atoms with van der Waals surface area (Å²) in [6.45, 7) is 0.669. The average molecular weight is 302 g/mol. The van der Waals surface area contributed by atoms with Crippen LogP contribution >= 0.6 is 0 Å². The summed E-state index contributed by atoms with van der Waals surface area (Å²) in [7, 11) is 2.00. The van der Waals surface area contributed by atoms with Crippen LogP contribution in [0.2, 0.25) is 0 Å². The summed E-state index contributed by atoms with van der Waals surface area (Å²) in [5, 5.41) is 12.6. The summed E-state index contributed by atoms with van der Waals surface area (Å²) in [6.07, 6.45) is 3.76. The van der Waals surface area contributed by atoms with Crippen molar-refractivity contribution in [2.24, 2.45) is 7.05 Å². The predicted molar refractivity (Wildman–Crippen MR) is 89.5 cm³/mol. The molecule has 23 heavy (non-hydrogen) atoms. The fourth-order valence-corrected chi connectivity index (χ4v) is 2.63. The van der Waals surface area contributed by atoms with Crippen LogP contribution in [0.4, 0.5) is 0 Å². The first-order valence-corrected chi connectivity index (χ1v) is 7.52. The number of nitrogens with zero attached hydrogens (tertiary/aromatic N) is 3. The SMILES string of the molecule is Cn1ccnc1[C@H](NCc1cccc(C#N)c1)c1ccccc1. The van der Waals surface area contributed by atoms with Gasteiger partial charge in [-0.1, -0.05) is 42.5 Å². The number of benzene rings is 2. The van der Waals surface area contributed by atoms with Gasteiger partial charge in [-0.15, -0.1) is 0 Å². The van der Waals surface area contributed by atoms with Crippen molar-refractivity contribution in [2.45, 2.75) is 12.6 Å². The van der Waals surface area contributed by atoms with Crippen LogP contribution in [0, 0.1) is 11.3 Å². The Hall–Kier alpha value is -2.90. The standard InChI is InChI=1S/C19H18N4/c1-23-11-10-21-19(23)18(17-8-3-2-4-9-17)22-14-16-7-5-6-15(12-16)13-20/h2-12,18,22H,14H2,1H3/t18-/m1/s1. The first-order valence-electron chi connectivity index (χ1n) is 7.52. The molecule has 3 rings (SSSR count). The number of hydrogen-bond donors (Lipinski definition) is 1. The number of aryl methyl sites for hydroxylation is 1. The highest BCUT2D eigenvalue weighted by Crippen LogP contribution is 2.20. The lowest BCUT2D eigenvalue weighted by molar-refractivity contribution is 0.558. The second-order valence-electron chi connectivity index (χ2n) is 5.43. The number of hydrogen-bond acceptors (Lipinski definition) is 3. The van der Waals surface area contributed by atoms with Gasteiger partial charge < -0.3 is 4.57 Å². The Kier molecular flexibility index (Phi) is 4.51. The van der Waals surface area contributed by atoms with Gasteiger partial charge in [-0.2, -0.15) is 5.26 Å². The van der Waals surface area contributed by atoms with E-state index in [1.165, 1.54) is 5.56 Å². The van der Waals surface area contributed by atoms with Gasteiger partial charge in [0.05, 0.1) is 17.7 Å². The molecule has 0 fully saturated rings. The second kappa shape index (κ2) is 6.91. The van der Waals surface area contributed by atoms with E-state index in [-0.39, 0.29) is 6.04 Å². The van der Waals surface area contributed by atoms with E-state index in [9.17, 15) is 0 Å². The molecular formula is C19H18N4. The molecule has 0 saturated carbocycles. The summed E-state index contributed by atoms with van der Waals surface area (Å²) < 4.78 is 2.02. The molecule has 1 atom stereocenters. The third-order valence-corrected chi connectivity index (χ3v) is 3.82. The zero-order valence-electron chi connectivity index (χ0n) is 13.0. The van der Waals surface area contributed by atoms with E-state index in [4.69, 9.17) is 5.26 Å². The Morgan fingerprint density at radius 1 is 1.17 bits per heavy atom. The van der Waals surface area contributed by atoms with Crippen molar-refractivity contribution in [3.8, 4) is 6.07 Å². The molecule has 4 nitrogen and oxygen atoms in total. The van der Waals surface area contributed by atoms with E-state index in [2.05, 4.69) is 28.5 Å². The van der Waals surface area contributed by atoms with Gasteiger partial charge in [-0.25, -0.2) is 4.98 Å². The van der Waals surface area contributed by atoms with Crippen molar-refractivity contribution in [1.82, 2.24) is 14.9 Å². The quantitative estimate of drug-likeness (QED) is 0.787. The molecule has 0 amide bonds. The van der Waals surface area contributed by atoms with Gasteiger partial charge in [-0.3, -0.25) is 5.32 Å². The molecular weight excluding hydrogens is 284 g/mol. The largest absolute Gasteiger partial charge is 0.336 e. The third kappa shape index (κ3) is 3.47. The van der Waals surface area contributed by atoms with E-state index in [0.717, 1.165) is 11.4 Å². The minimum atomic E-state index is 0.00180. The van der Waals surface area contributed by atoms with Crippen LogP contribution in [0.1, 0.15) is 28.6 Å². The van der Waals surface area contributed by atoms with Crippen LogP contribution < -0.4 is 5.32 Å². The summed E-state index contributed by atoms with van der Waals surface area (Å²) in [4.78, 5) is 4.49. The maximum atomic E-state index is 9.02. The molecule has 114 valence electrons. The van der Waals surface area contributed by atoms with Gasteiger partial charge in [0.15, 0.2) is 0 Å². The van der Waals surface area contributed by atoms with Gasteiger partial charge in [0.25, 0.3) is 0 Å². The van der Waals surface area contributed by atoms with Crippen molar-refractivity contribution in [1.29, 1.82) is 5.26 Å². The molecule has 0 spiro atoms. The van der Waals surface area contributed by atoms with Crippen molar-refractivity contribution in [3.63, 3.8) is 0 Å². The molecule has 0 aliphatic heterocycles. The van der Waals surface area contributed by atoms with Crippen molar-refractivity contribution in [2.75, 3.05) is 0 Å². The van der Waals surface area contributed by atoms with Crippen LogP contribution in [0.15, 0.2) is 67.0 Å². The normalized spacial score (nSPS) is 11.8. The predicted octanol–water partition coefficient (Wildman–Crippen LogP) is 3.17. The number of rotatable bonds is 5. The van der Waals surface area contributed by atoms with E-state index in [1.807, 2.05) is 66.5 Å². The Morgan fingerprint density at radius 2 is 2.00 bits per heavy atom. The van der Waals surface area contributed by atoms with E-state index >= 15 is 0 Å². The average Bonchev–Trinajstić information content (AvgIpc) is 3.02. The molecule has 1 N–H and O–H groups in total. The molecule has 0 unspecified atom stereocenters. The van der Waals surface area contributed by atoms with Gasteiger partial charge in [0.2, 0.25) is 0 Å². The fourth-order valence-electron chi connectivity index (χ4n) is 2.63. The molecule has 0 saturated heterocycles. The Bertz CT molecular complexity index is 815. The third-order valence-electron chi connectivity index (χ3n) is 3.82. The lowest BCUT2D eigenvalue weighted by Gasteiger charge is -2.19. The lowest BCUT2D eigenvalue weighted by Crippen LogP contribution is -2.24. The molecule has 0 aliphatic carbocycles. The number of aromatic nitrogens is 2. The smallest absolute Gasteiger partial charge is 0.130 e. The summed E-state index contributed by atoms with van der Waals surface area (Å²) in [5.74, 6) is 0.965. The zero-order valence-corrected chi connectivity index (χ0v) is 13.0. The van der Waals surface area contributed by atoms with Crippen LogP contribution in [0.3, 0.4) is 0 Å². The Balaban J connectivity index is 1.85. The number of imidazole rings is 1. The second-order valence-corrected chi connectivity index (χ2v) is 5.43. The highest BCUT2D eigenvalue weighted by molar-refractivity contribution is 5.33. The molecule has 0 aliphatic rings. The van der Waals surface area contributed by atoms with Crippen LogP contribution in [-0.4, -0.2) is 9.55 Å². The van der Waals surface area contributed by atoms with Gasteiger partial charge in [0, 0.05) is 26.0 Å². The van der Waals surface area contributed by atoms with E-state index in [0.29, 0.717) is 12.1 Å². The molecule has 3 aromatic rings.